The summed E-state index contributed by atoms with van der Waals surface area (Å²) >= 11 is 0. The van der Waals surface area contributed by atoms with Crippen LogP contribution in [0.5, 0.6) is 0 Å². The maximum atomic E-state index is 12.7. The van der Waals surface area contributed by atoms with E-state index in [0.717, 1.165) is 22.7 Å². The molecule has 0 aromatic carbocycles. The molecule has 0 atom stereocenters. The van der Waals surface area contributed by atoms with Crippen molar-refractivity contribution in [1.29, 1.82) is 0 Å². The molecule has 2 heterocycles. The van der Waals surface area contributed by atoms with Crippen molar-refractivity contribution in [1.82, 2.24) is 14.6 Å². The Morgan fingerprint density at radius 2 is 2.10 bits per heavy atom. The lowest BCUT2D eigenvalue weighted by atomic mass is 10.2. The maximum absolute atomic E-state index is 12.7. The second-order valence-corrected chi connectivity index (χ2v) is 4.40. The number of nitrogens with one attached hydrogen (secondary N) is 1. The topological polar surface area (TPSA) is 68.2 Å². The van der Waals surface area contributed by atoms with Crippen LogP contribution in [0.4, 0.5) is 19.0 Å². The number of aryl methyl sites for hydroxylation is 1. The van der Waals surface area contributed by atoms with Gasteiger partial charge in [-0.25, -0.2) is 4.98 Å². The summed E-state index contributed by atoms with van der Waals surface area (Å²) < 4.78 is 39.3. The quantitative estimate of drug-likeness (QED) is 0.883. The largest absolute Gasteiger partial charge is 0.435 e. The minimum absolute atomic E-state index is 0.183. The summed E-state index contributed by atoms with van der Waals surface area (Å²) in [5, 5.41) is 6.53. The Morgan fingerprint density at radius 1 is 1.35 bits per heavy atom. The van der Waals surface area contributed by atoms with Crippen molar-refractivity contribution in [3.05, 3.63) is 23.5 Å². The van der Waals surface area contributed by atoms with Gasteiger partial charge in [-0.05, 0) is 6.42 Å². The third kappa shape index (κ3) is 3.01. The molecule has 5 nitrogen and oxygen atoms in total. The Hall–Kier alpha value is -1.83. The highest BCUT2D eigenvalue weighted by molar-refractivity contribution is 5.51. The molecule has 0 radical (unpaired) electrons. The van der Waals surface area contributed by atoms with Crippen LogP contribution in [-0.2, 0) is 12.6 Å². The van der Waals surface area contributed by atoms with Gasteiger partial charge < -0.3 is 11.1 Å². The minimum atomic E-state index is -4.48. The molecule has 110 valence electrons. The summed E-state index contributed by atoms with van der Waals surface area (Å²) in [7, 11) is 0. The van der Waals surface area contributed by atoms with Crippen molar-refractivity contribution >= 4 is 11.5 Å². The number of anilines is 1. The second-order valence-electron chi connectivity index (χ2n) is 4.40. The first-order valence-electron chi connectivity index (χ1n) is 6.36. The summed E-state index contributed by atoms with van der Waals surface area (Å²) in [5.41, 5.74) is 5.37. The van der Waals surface area contributed by atoms with Crippen molar-refractivity contribution in [2.75, 3.05) is 18.4 Å². The van der Waals surface area contributed by atoms with Gasteiger partial charge in [-0.15, -0.1) is 0 Å². The van der Waals surface area contributed by atoms with Crippen LogP contribution in [0.25, 0.3) is 5.65 Å². The van der Waals surface area contributed by atoms with Crippen LogP contribution in [0.1, 0.15) is 24.7 Å². The zero-order chi connectivity index (χ0) is 14.8. The molecule has 0 fully saturated rings. The highest BCUT2D eigenvalue weighted by atomic mass is 19.4. The lowest BCUT2D eigenvalue weighted by molar-refractivity contribution is -0.141. The molecule has 0 aliphatic rings. The predicted octanol–water partition coefficient (Wildman–Crippen LogP) is 2.07. The fraction of sp³-hybridized carbons (Fsp3) is 0.500. The van der Waals surface area contributed by atoms with E-state index < -0.39 is 11.9 Å². The molecule has 0 amide bonds. The third-order valence-corrected chi connectivity index (χ3v) is 2.73. The Labute approximate surface area is 114 Å². The Morgan fingerprint density at radius 3 is 2.70 bits per heavy atom. The summed E-state index contributed by atoms with van der Waals surface area (Å²) in [6.07, 6.45) is -2.93. The number of rotatable bonds is 5. The van der Waals surface area contributed by atoms with Gasteiger partial charge in [-0.2, -0.15) is 22.8 Å². The zero-order valence-electron chi connectivity index (χ0n) is 11.0. The SMILES string of the molecule is CCCc1cc(NCCN)n2nc(C(F)(F)F)cc2n1. The predicted molar refractivity (Wildman–Crippen MR) is 69.5 cm³/mol. The highest BCUT2D eigenvalue weighted by Gasteiger charge is 2.34. The minimum Gasteiger partial charge on any atom is -0.369 e. The van der Waals surface area contributed by atoms with E-state index in [1.165, 1.54) is 0 Å². The van der Waals surface area contributed by atoms with E-state index in [0.29, 0.717) is 25.3 Å². The fourth-order valence-electron chi connectivity index (χ4n) is 1.88. The van der Waals surface area contributed by atoms with Crippen molar-refractivity contribution in [3.8, 4) is 0 Å². The van der Waals surface area contributed by atoms with Gasteiger partial charge in [0.25, 0.3) is 0 Å². The first-order valence-corrected chi connectivity index (χ1v) is 6.36. The number of aromatic nitrogens is 3. The van der Waals surface area contributed by atoms with Gasteiger partial charge in [-0.1, -0.05) is 13.3 Å². The number of hydrogen-bond acceptors (Lipinski definition) is 4. The Bertz CT molecular complexity index is 591. The van der Waals surface area contributed by atoms with Crippen LogP contribution in [0, 0.1) is 0 Å². The second kappa shape index (κ2) is 5.66. The average Bonchev–Trinajstić information content (AvgIpc) is 2.80. The lowest BCUT2D eigenvalue weighted by Gasteiger charge is -2.09. The molecule has 0 aliphatic heterocycles. The van der Waals surface area contributed by atoms with Gasteiger partial charge in [-0.3, -0.25) is 0 Å². The number of fused-ring (bicyclic) bond motifs is 1. The summed E-state index contributed by atoms with van der Waals surface area (Å²) in [6.45, 7) is 2.81. The number of hydrogen-bond donors (Lipinski definition) is 2. The van der Waals surface area contributed by atoms with Gasteiger partial charge in [0.15, 0.2) is 11.3 Å². The van der Waals surface area contributed by atoms with Gasteiger partial charge in [0.1, 0.15) is 5.82 Å². The molecule has 0 spiro atoms. The van der Waals surface area contributed by atoms with Gasteiger partial charge >= 0.3 is 6.18 Å². The normalized spacial score (nSPS) is 12.1. The van der Waals surface area contributed by atoms with Crippen LogP contribution in [0.15, 0.2) is 12.1 Å². The first-order chi connectivity index (χ1) is 9.45. The fourth-order valence-corrected chi connectivity index (χ4v) is 1.88. The standard InChI is InChI=1S/C12H16F3N5/c1-2-3-8-6-10(17-5-4-16)20-11(18-8)7-9(19-20)12(13,14)15/h6-7,17H,2-5,16H2,1H3. The van der Waals surface area contributed by atoms with Crippen LogP contribution in [-0.4, -0.2) is 27.7 Å². The average molecular weight is 287 g/mol. The van der Waals surface area contributed by atoms with Crippen molar-refractivity contribution < 1.29 is 13.2 Å². The smallest absolute Gasteiger partial charge is 0.369 e. The summed E-state index contributed by atoms with van der Waals surface area (Å²) in [4.78, 5) is 4.20. The van der Waals surface area contributed by atoms with Gasteiger partial charge in [0.05, 0.1) is 0 Å². The highest BCUT2D eigenvalue weighted by Crippen LogP contribution is 2.29. The number of nitrogens with two attached hydrogens (primary N) is 1. The molecule has 0 saturated heterocycles. The van der Waals surface area contributed by atoms with E-state index in [1.54, 1.807) is 6.07 Å². The molecule has 0 unspecified atom stereocenters. The number of halogens is 3. The van der Waals surface area contributed by atoms with E-state index in [9.17, 15) is 13.2 Å². The molecule has 20 heavy (non-hydrogen) atoms. The van der Waals surface area contributed by atoms with E-state index in [2.05, 4.69) is 15.4 Å². The van der Waals surface area contributed by atoms with Crippen LogP contribution >= 0.6 is 0 Å². The third-order valence-electron chi connectivity index (χ3n) is 2.73. The van der Waals surface area contributed by atoms with E-state index >= 15 is 0 Å². The van der Waals surface area contributed by atoms with Gasteiger partial charge in [0.2, 0.25) is 0 Å². The van der Waals surface area contributed by atoms with Crippen molar-refractivity contribution in [3.63, 3.8) is 0 Å². The molecular weight excluding hydrogens is 271 g/mol. The molecule has 0 aliphatic carbocycles. The van der Waals surface area contributed by atoms with Crippen molar-refractivity contribution in [2.24, 2.45) is 5.73 Å². The summed E-state index contributed by atoms with van der Waals surface area (Å²) in [6, 6.07) is 2.66. The zero-order valence-corrected chi connectivity index (χ0v) is 11.0. The molecule has 2 rings (SSSR count). The molecule has 8 heteroatoms. The van der Waals surface area contributed by atoms with Crippen LogP contribution in [0.2, 0.25) is 0 Å². The maximum Gasteiger partial charge on any atom is 0.435 e. The molecular formula is C12H16F3N5. The molecule has 2 aromatic rings. The summed E-state index contributed by atoms with van der Waals surface area (Å²) in [5.74, 6) is 0.472. The molecule has 0 saturated carbocycles. The molecule has 3 N–H and O–H groups in total. The molecule has 0 bridgehead atoms. The first kappa shape index (κ1) is 14.6. The Balaban J connectivity index is 2.51. The van der Waals surface area contributed by atoms with Crippen LogP contribution in [0.3, 0.4) is 0 Å². The number of nitrogens with zero attached hydrogens (tertiary/aromatic N) is 3. The van der Waals surface area contributed by atoms with E-state index in [-0.39, 0.29) is 5.65 Å². The van der Waals surface area contributed by atoms with E-state index in [1.807, 2.05) is 6.92 Å². The Kier molecular flexibility index (Phi) is 4.12. The van der Waals surface area contributed by atoms with E-state index in [4.69, 9.17) is 5.73 Å². The number of alkyl halides is 3. The van der Waals surface area contributed by atoms with Gasteiger partial charge in [0, 0.05) is 30.9 Å². The molecule has 2 aromatic heterocycles. The van der Waals surface area contributed by atoms with Crippen LogP contribution < -0.4 is 11.1 Å². The van der Waals surface area contributed by atoms with Crippen molar-refractivity contribution in [2.45, 2.75) is 25.9 Å². The monoisotopic (exact) mass is 287 g/mol. The lowest BCUT2D eigenvalue weighted by Crippen LogP contribution is -2.16.